The van der Waals surface area contributed by atoms with Gasteiger partial charge in [-0.3, -0.25) is 0 Å². The van der Waals surface area contributed by atoms with Crippen molar-refractivity contribution in [2.24, 2.45) is 5.92 Å². The SMILES string of the molecule is CC(C)(Nc1cc(Cl)nc(C(F)(F)F)n1)C1CC1. The van der Waals surface area contributed by atoms with E-state index in [1.54, 1.807) is 0 Å². The van der Waals surface area contributed by atoms with E-state index < -0.39 is 12.0 Å². The van der Waals surface area contributed by atoms with Crippen LogP contribution in [0.2, 0.25) is 5.15 Å². The number of halogens is 4. The molecule has 0 amide bonds. The van der Waals surface area contributed by atoms with Crippen LogP contribution in [0.1, 0.15) is 32.5 Å². The van der Waals surface area contributed by atoms with E-state index in [1.807, 2.05) is 13.8 Å². The molecule has 0 aromatic carbocycles. The van der Waals surface area contributed by atoms with Crippen molar-refractivity contribution >= 4 is 17.4 Å². The predicted molar refractivity (Wildman–Crippen MR) is 62.5 cm³/mol. The summed E-state index contributed by atoms with van der Waals surface area (Å²) in [6.45, 7) is 3.88. The van der Waals surface area contributed by atoms with Gasteiger partial charge in [0.1, 0.15) is 11.0 Å². The maximum Gasteiger partial charge on any atom is 0.451 e. The Morgan fingerprint density at radius 2 is 1.89 bits per heavy atom. The molecule has 1 aromatic rings. The molecule has 1 saturated carbocycles. The van der Waals surface area contributed by atoms with Crippen molar-refractivity contribution < 1.29 is 13.2 Å². The van der Waals surface area contributed by atoms with Crippen molar-refractivity contribution in [2.75, 3.05) is 5.32 Å². The summed E-state index contributed by atoms with van der Waals surface area (Å²) in [5.74, 6) is -0.649. The standard InChI is InChI=1S/C11H13ClF3N3/c1-10(2,6-3-4-6)18-8-5-7(12)16-9(17-8)11(13,14)15/h5-6H,3-4H2,1-2H3,(H,16,17,18). The molecule has 1 aromatic heterocycles. The Morgan fingerprint density at radius 3 is 2.39 bits per heavy atom. The predicted octanol–water partition coefficient (Wildman–Crippen LogP) is 3.75. The van der Waals surface area contributed by atoms with E-state index in [1.165, 1.54) is 6.07 Å². The van der Waals surface area contributed by atoms with Crippen LogP contribution in [0.25, 0.3) is 0 Å². The normalized spacial score (nSPS) is 16.8. The molecule has 0 aliphatic heterocycles. The molecule has 1 aliphatic rings. The second-order valence-corrected chi connectivity index (χ2v) is 5.41. The number of nitrogens with one attached hydrogen (secondary N) is 1. The molecule has 100 valence electrons. The molecule has 1 fully saturated rings. The van der Waals surface area contributed by atoms with E-state index in [0.717, 1.165) is 12.8 Å². The van der Waals surface area contributed by atoms with Crippen molar-refractivity contribution in [2.45, 2.75) is 38.4 Å². The molecule has 0 unspecified atom stereocenters. The first-order valence-electron chi connectivity index (χ1n) is 5.58. The van der Waals surface area contributed by atoms with Gasteiger partial charge in [0.25, 0.3) is 0 Å². The molecule has 1 aliphatic carbocycles. The molecule has 7 heteroatoms. The summed E-state index contributed by atoms with van der Waals surface area (Å²) in [6.07, 6.45) is -2.44. The zero-order chi connectivity index (χ0) is 13.6. The van der Waals surface area contributed by atoms with Crippen molar-refractivity contribution in [3.63, 3.8) is 0 Å². The first-order valence-corrected chi connectivity index (χ1v) is 5.96. The van der Waals surface area contributed by atoms with E-state index >= 15 is 0 Å². The van der Waals surface area contributed by atoms with Crippen LogP contribution in [0, 0.1) is 5.92 Å². The van der Waals surface area contributed by atoms with Gasteiger partial charge in [-0.05, 0) is 32.6 Å². The van der Waals surface area contributed by atoms with Crippen molar-refractivity contribution in [3.8, 4) is 0 Å². The van der Waals surface area contributed by atoms with Gasteiger partial charge in [-0.2, -0.15) is 13.2 Å². The number of nitrogens with zero attached hydrogens (tertiary/aromatic N) is 2. The Hall–Kier alpha value is -1.04. The van der Waals surface area contributed by atoms with Crippen LogP contribution in [0.4, 0.5) is 19.0 Å². The fourth-order valence-corrected chi connectivity index (χ4v) is 2.03. The number of rotatable bonds is 3. The Balaban J connectivity index is 2.25. The van der Waals surface area contributed by atoms with Gasteiger partial charge in [-0.15, -0.1) is 0 Å². The molecule has 0 spiro atoms. The summed E-state index contributed by atoms with van der Waals surface area (Å²) in [6, 6.07) is 1.31. The van der Waals surface area contributed by atoms with E-state index in [-0.39, 0.29) is 16.5 Å². The maximum absolute atomic E-state index is 12.5. The highest BCUT2D eigenvalue weighted by Crippen LogP contribution is 2.41. The van der Waals surface area contributed by atoms with E-state index in [0.29, 0.717) is 5.92 Å². The van der Waals surface area contributed by atoms with Gasteiger partial charge < -0.3 is 5.32 Å². The first-order chi connectivity index (χ1) is 8.18. The van der Waals surface area contributed by atoms with E-state index in [9.17, 15) is 13.2 Å². The molecule has 2 rings (SSSR count). The van der Waals surface area contributed by atoms with E-state index in [4.69, 9.17) is 11.6 Å². The van der Waals surface area contributed by atoms with Crippen molar-refractivity contribution in [1.82, 2.24) is 9.97 Å². The van der Waals surface area contributed by atoms with Crippen LogP contribution >= 0.6 is 11.6 Å². The molecular weight excluding hydrogens is 267 g/mol. The van der Waals surface area contributed by atoms with Crippen molar-refractivity contribution in [3.05, 3.63) is 17.0 Å². The topological polar surface area (TPSA) is 37.8 Å². The summed E-state index contributed by atoms with van der Waals surface area (Å²) in [5, 5.41) is 2.78. The molecule has 0 bridgehead atoms. The Bertz CT molecular complexity index is 455. The third-order valence-electron chi connectivity index (χ3n) is 3.00. The Morgan fingerprint density at radius 1 is 1.28 bits per heavy atom. The fourth-order valence-electron chi connectivity index (χ4n) is 1.85. The molecule has 3 nitrogen and oxygen atoms in total. The minimum absolute atomic E-state index is 0.110. The van der Waals surface area contributed by atoms with Gasteiger partial charge in [0.05, 0.1) is 0 Å². The third-order valence-corrected chi connectivity index (χ3v) is 3.19. The van der Waals surface area contributed by atoms with E-state index in [2.05, 4.69) is 15.3 Å². The molecule has 0 saturated heterocycles. The largest absolute Gasteiger partial charge is 0.451 e. The minimum Gasteiger partial charge on any atom is -0.365 e. The molecule has 18 heavy (non-hydrogen) atoms. The summed E-state index contributed by atoms with van der Waals surface area (Å²) in [4.78, 5) is 6.65. The monoisotopic (exact) mass is 279 g/mol. The lowest BCUT2D eigenvalue weighted by Crippen LogP contribution is -2.34. The van der Waals surface area contributed by atoms with Gasteiger partial charge in [0, 0.05) is 11.6 Å². The van der Waals surface area contributed by atoms with Gasteiger partial charge in [-0.1, -0.05) is 11.6 Å². The molecule has 1 heterocycles. The maximum atomic E-state index is 12.5. The lowest BCUT2D eigenvalue weighted by Gasteiger charge is -2.27. The van der Waals surface area contributed by atoms with Crippen LogP contribution in [-0.2, 0) is 6.18 Å². The first kappa shape index (κ1) is 13.4. The average Bonchev–Trinajstić information content (AvgIpc) is 2.96. The highest BCUT2D eigenvalue weighted by Gasteiger charge is 2.39. The van der Waals surface area contributed by atoms with Crippen LogP contribution in [0.5, 0.6) is 0 Å². The highest BCUT2D eigenvalue weighted by atomic mass is 35.5. The second-order valence-electron chi connectivity index (χ2n) is 5.02. The number of alkyl halides is 3. The van der Waals surface area contributed by atoms with Gasteiger partial charge in [0.15, 0.2) is 0 Å². The molecule has 0 radical (unpaired) electrons. The van der Waals surface area contributed by atoms with Crippen molar-refractivity contribution in [1.29, 1.82) is 0 Å². The zero-order valence-corrected chi connectivity index (χ0v) is 10.7. The van der Waals surface area contributed by atoms with Gasteiger partial charge >= 0.3 is 6.18 Å². The summed E-state index contributed by atoms with van der Waals surface area (Å²) < 4.78 is 37.6. The number of hydrogen-bond acceptors (Lipinski definition) is 3. The summed E-state index contributed by atoms with van der Waals surface area (Å²) in [7, 11) is 0. The van der Waals surface area contributed by atoms with Crippen LogP contribution in [0.3, 0.4) is 0 Å². The minimum atomic E-state index is -4.59. The Kier molecular flexibility index (Phi) is 3.17. The average molecular weight is 280 g/mol. The summed E-state index contributed by atoms with van der Waals surface area (Å²) >= 11 is 5.59. The molecule has 0 atom stereocenters. The smallest absolute Gasteiger partial charge is 0.365 e. The number of hydrogen-bond donors (Lipinski definition) is 1. The zero-order valence-electron chi connectivity index (χ0n) is 9.98. The summed E-state index contributed by atoms with van der Waals surface area (Å²) in [5.41, 5.74) is -0.291. The highest BCUT2D eigenvalue weighted by molar-refractivity contribution is 6.29. The quantitative estimate of drug-likeness (QED) is 0.856. The molecule has 1 N–H and O–H groups in total. The lowest BCUT2D eigenvalue weighted by molar-refractivity contribution is -0.144. The third kappa shape index (κ3) is 3.04. The second kappa shape index (κ2) is 4.26. The Labute approximate surface area is 108 Å². The number of anilines is 1. The lowest BCUT2D eigenvalue weighted by atomic mass is 9.99. The molecular formula is C11H13ClF3N3. The van der Waals surface area contributed by atoms with Gasteiger partial charge in [0.2, 0.25) is 5.82 Å². The van der Waals surface area contributed by atoms with Crippen LogP contribution in [0.15, 0.2) is 6.07 Å². The van der Waals surface area contributed by atoms with Gasteiger partial charge in [-0.25, -0.2) is 9.97 Å². The van der Waals surface area contributed by atoms with Crippen LogP contribution in [-0.4, -0.2) is 15.5 Å². The van der Waals surface area contributed by atoms with Crippen LogP contribution < -0.4 is 5.32 Å². The number of aromatic nitrogens is 2. The fraction of sp³-hybridized carbons (Fsp3) is 0.636.